The zero-order valence-electron chi connectivity index (χ0n) is 16.7. The van der Waals surface area contributed by atoms with Crippen molar-refractivity contribution >= 4 is 34.1 Å². The van der Waals surface area contributed by atoms with Crippen LogP contribution in [0.25, 0.3) is 16.5 Å². The lowest BCUT2D eigenvalue weighted by Crippen LogP contribution is -2.20. The summed E-state index contributed by atoms with van der Waals surface area (Å²) in [5.74, 6) is -0.192. The van der Waals surface area contributed by atoms with E-state index in [1.54, 1.807) is 12.3 Å². The lowest BCUT2D eigenvalue weighted by Gasteiger charge is -2.22. The fourth-order valence-corrected chi connectivity index (χ4v) is 3.29. The number of amides is 2. The molecule has 30 heavy (non-hydrogen) atoms. The lowest BCUT2D eigenvalue weighted by atomic mass is 10.0. The van der Waals surface area contributed by atoms with Crippen molar-refractivity contribution in [2.75, 3.05) is 19.4 Å². The van der Waals surface area contributed by atoms with Crippen molar-refractivity contribution in [2.24, 2.45) is 0 Å². The third-order valence-corrected chi connectivity index (χ3v) is 4.90. The summed E-state index contributed by atoms with van der Waals surface area (Å²) < 4.78 is 0. The smallest absolute Gasteiger partial charge is 0.269 e. The highest BCUT2D eigenvalue weighted by Gasteiger charge is 2.12. The molecule has 0 spiro atoms. The van der Waals surface area contributed by atoms with Gasteiger partial charge in [-0.1, -0.05) is 24.3 Å². The number of hydrogen-bond acceptors (Lipinski definition) is 5. The maximum atomic E-state index is 12.5. The molecule has 2 amide bonds. The van der Waals surface area contributed by atoms with Crippen LogP contribution >= 0.6 is 0 Å². The molecule has 1 aliphatic heterocycles. The molecule has 3 aromatic rings. The predicted octanol–water partition coefficient (Wildman–Crippen LogP) is 3.43. The molecule has 0 unspecified atom stereocenters. The molecule has 0 fully saturated rings. The fraction of sp³-hybridized carbons (Fsp3) is 0.130. The van der Waals surface area contributed by atoms with E-state index in [1.165, 1.54) is 19.3 Å². The molecular weight excluding hydrogens is 378 g/mol. The zero-order chi connectivity index (χ0) is 21.1. The number of carbonyl (C=O) groups is 2. The number of allylic oxidation sites excluding steroid dienone is 2. The molecule has 1 aromatic carbocycles. The van der Waals surface area contributed by atoms with Gasteiger partial charge in [-0.15, -0.1) is 0 Å². The maximum absolute atomic E-state index is 12.5. The van der Waals surface area contributed by atoms with Gasteiger partial charge in [0.25, 0.3) is 11.8 Å². The van der Waals surface area contributed by atoms with Crippen LogP contribution in [0.2, 0.25) is 0 Å². The molecule has 0 saturated heterocycles. The van der Waals surface area contributed by atoms with Crippen LogP contribution in [0.4, 0.5) is 5.82 Å². The van der Waals surface area contributed by atoms with Crippen molar-refractivity contribution in [3.8, 4) is 0 Å². The minimum Gasteiger partial charge on any atom is -0.354 e. The number of pyridine rings is 2. The summed E-state index contributed by atoms with van der Waals surface area (Å²) in [6.07, 6.45) is 10.4. The Kier molecular flexibility index (Phi) is 5.26. The summed E-state index contributed by atoms with van der Waals surface area (Å²) in [5.41, 5.74) is 2.84. The molecule has 0 radical (unpaired) electrons. The summed E-state index contributed by atoms with van der Waals surface area (Å²) in [6, 6.07) is 11.1. The van der Waals surface area contributed by atoms with Gasteiger partial charge in [-0.25, -0.2) is 4.98 Å². The van der Waals surface area contributed by atoms with E-state index in [0.717, 1.165) is 28.5 Å². The maximum Gasteiger partial charge on any atom is 0.269 e. The van der Waals surface area contributed by atoms with E-state index in [2.05, 4.69) is 56.0 Å². The van der Waals surface area contributed by atoms with Crippen molar-refractivity contribution in [1.29, 1.82) is 0 Å². The SMILES string of the molecule is CNC(=O)c1ccc(C(=O)Nc2cc3cc(C4=CCC=CN4C)ccc3cn2)cn1. The second kappa shape index (κ2) is 8.16. The van der Waals surface area contributed by atoms with Gasteiger partial charge in [0, 0.05) is 43.8 Å². The Bertz CT molecular complexity index is 1180. The van der Waals surface area contributed by atoms with Crippen LogP contribution in [0.3, 0.4) is 0 Å². The Morgan fingerprint density at radius 1 is 1.00 bits per heavy atom. The first-order valence-electron chi connectivity index (χ1n) is 9.54. The summed E-state index contributed by atoms with van der Waals surface area (Å²) in [4.78, 5) is 34.6. The number of rotatable bonds is 4. The lowest BCUT2D eigenvalue weighted by molar-refractivity contribution is 0.0955. The highest BCUT2D eigenvalue weighted by atomic mass is 16.2. The Balaban J connectivity index is 1.56. The summed E-state index contributed by atoms with van der Waals surface area (Å²) in [5, 5.41) is 7.26. The topological polar surface area (TPSA) is 87.2 Å². The highest BCUT2D eigenvalue weighted by Crippen LogP contribution is 2.26. The van der Waals surface area contributed by atoms with E-state index >= 15 is 0 Å². The third kappa shape index (κ3) is 3.91. The second-order valence-electron chi connectivity index (χ2n) is 6.92. The molecule has 150 valence electrons. The zero-order valence-corrected chi connectivity index (χ0v) is 16.7. The molecule has 0 aliphatic carbocycles. The first-order valence-corrected chi connectivity index (χ1v) is 9.54. The van der Waals surface area contributed by atoms with E-state index in [4.69, 9.17) is 0 Å². The van der Waals surface area contributed by atoms with E-state index in [1.807, 2.05) is 19.2 Å². The molecule has 1 aliphatic rings. The van der Waals surface area contributed by atoms with Gasteiger partial charge in [-0.05, 0) is 41.6 Å². The number of anilines is 1. The Hall–Kier alpha value is -4.00. The molecule has 2 aromatic heterocycles. The number of nitrogens with one attached hydrogen (secondary N) is 2. The fourth-order valence-electron chi connectivity index (χ4n) is 3.29. The van der Waals surface area contributed by atoms with Crippen LogP contribution in [-0.4, -0.2) is 40.8 Å². The Labute approximate surface area is 174 Å². The van der Waals surface area contributed by atoms with Crippen molar-refractivity contribution in [1.82, 2.24) is 20.2 Å². The molecule has 3 heterocycles. The largest absolute Gasteiger partial charge is 0.354 e. The van der Waals surface area contributed by atoms with Crippen LogP contribution in [0.5, 0.6) is 0 Å². The van der Waals surface area contributed by atoms with Gasteiger partial charge in [0.1, 0.15) is 11.5 Å². The van der Waals surface area contributed by atoms with Crippen molar-refractivity contribution < 1.29 is 9.59 Å². The average molecular weight is 399 g/mol. The van der Waals surface area contributed by atoms with Gasteiger partial charge in [0.15, 0.2) is 0 Å². The molecule has 2 N–H and O–H groups in total. The number of nitrogens with zero attached hydrogens (tertiary/aromatic N) is 3. The average Bonchev–Trinajstić information content (AvgIpc) is 2.78. The van der Waals surface area contributed by atoms with Gasteiger partial charge in [0.05, 0.1) is 5.56 Å². The van der Waals surface area contributed by atoms with Gasteiger partial charge in [-0.2, -0.15) is 0 Å². The van der Waals surface area contributed by atoms with Crippen molar-refractivity contribution in [3.05, 3.63) is 84.0 Å². The van der Waals surface area contributed by atoms with Crippen LogP contribution in [0.15, 0.2) is 67.1 Å². The predicted molar refractivity (Wildman–Crippen MR) is 117 cm³/mol. The Morgan fingerprint density at radius 2 is 1.87 bits per heavy atom. The molecular formula is C23H21N5O2. The molecule has 0 atom stereocenters. The highest BCUT2D eigenvalue weighted by molar-refractivity contribution is 6.04. The van der Waals surface area contributed by atoms with E-state index in [0.29, 0.717) is 11.4 Å². The van der Waals surface area contributed by atoms with Gasteiger partial charge >= 0.3 is 0 Å². The van der Waals surface area contributed by atoms with Gasteiger partial charge < -0.3 is 15.5 Å². The van der Waals surface area contributed by atoms with Crippen LogP contribution in [-0.2, 0) is 0 Å². The second-order valence-corrected chi connectivity index (χ2v) is 6.92. The van der Waals surface area contributed by atoms with Crippen LogP contribution < -0.4 is 10.6 Å². The molecule has 4 rings (SSSR count). The van der Waals surface area contributed by atoms with E-state index < -0.39 is 0 Å². The number of aromatic nitrogens is 2. The van der Waals surface area contributed by atoms with E-state index in [-0.39, 0.29) is 17.5 Å². The van der Waals surface area contributed by atoms with Gasteiger partial charge in [0.2, 0.25) is 0 Å². The van der Waals surface area contributed by atoms with Gasteiger partial charge in [-0.3, -0.25) is 14.6 Å². The van der Waals surface area contributed by atoms with E-state index in [9.17, 15) is 9.59 Å². The number of benzene rings is 1. The minimum absolute atomic E-state index is 0.252. The molecule has 0 bridgehead atoms. The molecule has 7 heteroatoms. The number of fused-ring (bicyclic) bond motifs is 1. The van der Waals surface area contributed by atoms with Crippen molar-refractivity contribution in [2.45, 2.75) is 6.42 Å². The number of carbonyl (C=O) groups excluding carboxylic acids is 2. The van der Waals surface area contributed by atoms with Crippen molar-refractivity contribution in [3.63, 3.8) is 0 Å². The summed E-state index contributed by atoms with van der Waals surface area (Å²) in [7, 11) is 3.55. The quantitative estimate of drug-likeness (QED) is 0.702. The van der Waals surface area contributed by atoms with Crippen LogP contribution in [0.1, 0.15) is 32.8 Å². The first kappa shape index (κ1) is 19.3. The number of hydrogen-bond donors (Lipinski definition) is 2. The first-order chi connectivity index (χ1) is 14.5. The summed E-state index contributed by atoms with van der Waals surface area (Å²) >= 11 is 0. The van der Waals surface area contributed by atoms with Crippen LogP contribution in [0, 0.1) is 0 Å². The third-order valence-electron chi connectivity index (χ3n) is 4.90. The Morgan fingerprint density at radius 3 is 2.60 bits per heavy atom. The normalized spacial score (nSPS) is 13.1. The minimum atomic E-state index is -0.339. The summed E-state index contributed by atoms with van der Waals surface area (Å²) in [6.45, 7) is 0. The molecule has 7 nitrogen and oxygen atoms in total. The molecule has 0 saturated carbocycles. The standard InChI is InChI=1S/C23H21N5O2/c1-24-23(30)19-9-8-17(14-25-19)22(29)27-21-12-18-11-15(6-7-16(18)13-26-21)20-5-3-4-10-28(20)2/h4-14H,3H2,1-2H3,(H,24,30)(H,26,27,29). The monoisotopic (exact) mass is 399 g/mol.